The quantitative estimate of drug-likeness (QED) is 0.481. The first-order chi connectivity index (χ1) is 16.0. The average Bonchev–Trinajstić information content (AvgIpc) is 2.75. The van der Waals surface area contributed by atoms with Crippen molar-refractivity contribution < 1.29 is 19.1 Å². The van der Waals surface area contributed by atoms with Crippen LogP contribution in [-0.4, -0.2) is 39.5 Å². The Balaban J connectivity index is 1.43. The second-order valence-electron chi connectivity index (χ2n) is 10.3. The highest BCUT2D eigenvalue weighted by molar-refractivity contribution is 7.91. The molecule has 1 N–H and O–H groups in total. The molecule has 4 atom stereocenters. The molecule has 4 unspecified atom stereocenters. The number of fused-ring (bicyclic) bond motifs is 2. The van der Waals surface area contributed by atoms with Gasteiger partial charge in [0.05, 0.1) is 7.11 Å². The van der Waals surface area contributed by atoms with Crippen molar-refractivity contribution in [2.24, 2.45) is 0 Å². The van der Waals surface area contributed by atoms with Crippen LogP contribution >= 0.6 is 0 Å². The molecule has 182 valence electrons. The monoisotopic (exact) mass is 480 g/mol. The van der Waals surface area contributed by atoms with E-state index < -0.39 is 22.4 Å². The summed E-state index contributed by atoms with van der Waals surface area (Å²) in [5.74, 6) is 2.97. The number of rotatable bonds is 7. The maximum absolute atomic E-state index is 13.1. The smallest absolute Gasteiger partial charge is 0.126 e. The zero-order valence-corrected chi connectivity index (χ0v) is 21.9. The molecule has 0 bridgehead atoms. The molecule has 4 nitrogen and oxygen atoms in total. The van der Waals surface area contributed by atoms with E-state index in [-0.39, 0.29) is 5.92 Å². The van der Waals surface area contributed by atoms with Gasteiger partial charge in [0, 0.05) is 24.3 Å². The normalized spacial score (nSPS) is 26.4. The second-order valence-corrected chi connectivity index (χ2v) is 11.9. The van der Waals surface area contributed by atoms with E-state index in [1.165, 1.54) is 10.9 Å². The number of hydrogen-bond acceptors (Lipinski definition) is 4. The van der Waals surface area contributed by atoms with E-state index in [1.807, 2.05) is 38.1 Å². The molecule has 2 aromatic rings. The second kappa shape index (κ2) is 9.44. The number of allylic oxidation sites excluding steroid dienone is 2. The molecule has 0 aromatic heterocycles. The number of methoxy groups -OCH3 is 1. The van der Waals surface area contributed by atoms with Crippen molar-refractivity contribution in [3.8, 4) is 5.75 Å². The number of hydrogen-bond donors (Lipinski definition) is 1. The van der Waals surface area contributed by atoms with E-state index in [0.29, 0.717) is 17.9 Å². The van der Waals surface area contributed by atoms with Gasteiger partial charge in [0.2, 0.25) is 0 Å². The van der Waals surface area contributed by atoms with Crippen LogP contribution < -0.4 is 4.74 Å². The molecule has 1 aliphatic heterocycles. The zero-order chi connectivity index (χ0) is 24.7. The van der Waals surface area contributed by atoms with Crippen molar-refractivity contribution in [2.75, 3.05) is 18.6 Å². The summed E-state index contributed by atoms with van der Waals surface area (Å²) < 4.78 is 24.9. The van der Waals surface area contributed by atoms with Gasteiger partial charge >= 0.3 is 0 Å². The molecule has 1 aliphatic carbocycles. The Bertz CT molecular complexity index is 1180. The van der Waals surface area contributed by atoms with E-state index in [1.54, 1.807) is 7.11 Å². The van der Waals surface area contributed by atoms with Crippen LogP contribution in [0.4, 0.5) is 0 Å². The fourth-order valence-corrected chi connectivity index (χ4v) is 7.09. The van der Waals surface area contributed by atoms with Gasteiger partial charge in [-0.05, 0) is 73.9 Å². The summed E-state index contributed by atoms with van der Waals surface area (Å²) in [6.45, 7) is 10.1. The number of aliphatic hydroxyl groups is 1. The summed E-state index contributed by atoms with van der Waals surface area (Å²) in [7, 11) is 1.68. The van der Waals surface area contributed by atoms with E-state index in [0.717, 1.165) is 40.0 Å². The van der Waals surface area contributed by atoms with E-state index in [4.69, 9.17) is 9.47 Å². The lowest BCUT2D eigenvalue weighted by Gasteiger charge is -2.42. The van der Waals surface area contributed by atoms with Crippen LogP contribution in [0.5, 0.6) is 5.75 Å². The molecule has 0 saturated carbocycles. The molecule has 2 aliphatic rings. The van der Waals surface area contributed by atoms with Crippen LogP contribution in [0.1, 0.15) is 58.9 Å². The summed E-state index contributed by atoms with van der Waals surface area (Å²) in [5.41, 5.74) is 2.78. The van der Waals surface area contributed by atoms with E-state index in [9.17, 15) is 9.66 Å². The van der Waals surface area contributed by atoms with E-state index in [2.05, 4.69) is 45.0 Å². The summed E-state index contributed by atoms with van der Waals surface area (Å²) in [6, 6.07) is 12.4. The van der Waals surface area contributed by atoms with Gasteiger partial charge < -0.3 is 19.1 Å². The maximum Gasteiger partial charge on any atom is 0.126 e. The lowest BCUT2D eigenvalue weighted by atomic mass is 9.78. The Hall–Kier alpha value is -2.21. The molecule has 0 radical (unpaired) electrons. The Morgan fingerprint density at radius 1 is 1.21 bits per heavy atom. The molecule has 0 amide bonds. The van der Waals surface area contributed by atoms with Gasteiger partial charge in [-0.25, -0.2) is 0 Å². The predicted octanol–water partition coefficient (Wildman–Crippen LogP) is 6.18. The minimum Gasteiger partial charge on any atom is -0.616 e. The molecule has 2 aromatic carbocycles. The highest BCUT2D eigenvalue weighted by Crippen LogP contribution is 2.44. The lowest BCUT2D eigenvalue weighted by Crippen LogP contribution is -2.41. The van der Waals surface area contributed by atoms with Gasteiger partial charge in [-0.3, -0.25) is 0 Å². The molecule has 0 saturated heterocycles. The first-order valence-electron chi connectivity index (χ1n) is 12.0. The van der Waals surface area contributed by atoms with Crippen LogP contribution in [0.2, 0.25) is 0 Å². The Labute approximate surface area is 206 Å². The van der Waals surface area contributed by atoms with Crippen molar-refractivity contribution in [3.05, 3.63) is 76.6 Å². The standard InChI is InChI=1S/C29H36O4S/c1-19-14-26-27(29(5,30)16-19)20(2)17-28(4,33-26)12-13-34(31)18-21(3)24-9-7-8-22-15-23(32-6)10-11-25(22)24/h7-11,14-16,21,30H,12-13,17-18H2,1-6H3. The third-order valence-corrected chi connectivity index (χ3v) is 8.52. The van der Waals surface area contributed by atoms with Crippen LogP contribution in [0.15, 0.2) is 71.0 Å². The average molecular weight is 481 g/mol. The van der Waals surface area contributed by atoms with Gasteiger partial charge in [0.25, 0.3) is 0 Å². The van der Waals surface area contributed by atoms with Crippen molar-refractivity contribution in [3.63, 3.8) is 0 Å². The van der Waals surface area contributed by atoms with Crippen LogP contribution in [0.25, 0.3) is 10.8 Å². The molecule has 1 heterocycles. The molecule has 34 heavy (non-hydrogen) atoms. The first-order valence-corrected chi connectivity index (χ1v) is 13.4. The minimum atomic E-state index is -1.01. The Morgan fingerprint density at radius 2 is 1.97 bits per heavy atom. The molecule has 4 rings (SSSR count). The largest absolute Gasteiger partial charge is 0.616 e. The van der Waals surface area contributed by atoms with Gasteiger partial charge in [-0.2, -0.15) is 0 Å². The van der Waals surface area contributed by atoms with Gasteiger partial charge in [0.15, 0.2) is 0 Å². The summed E-state index contributed by atoms with van der Waals surface area (Å²) in [6.07, 6.45) is 5.30. The van der Waals surface area contributed by atoms with Crippen molar-refractivity contribution >= 4 is 21.9 Å². The molecule has 0 spiro atoms. The number of ether oxygens (including phenoxy) is 2. The maximum atomic E-state index is 13.1. The molecule has 5 heteroatoms. The number of benzene rings is 2. The summed E-state index contributed by atoms with van der Waals surface area (Å²) in [5, 5.41) is 13.2. The highest BCUT2D eigenvalue weighted by atomic mass is 32.2. The Kier molecular flexibility index (Phi) is 6.92. The third kappa shape index (κ3) is 5.07. The minimum absolute atomic E-state index is 0.176. The molecular formula is C29H36O4S. The summed E-state index contributed by atoms with van der Waals surface area (Å²) >= 11 is -0.971. The predicted molar refractivity (Wildman–Crippen MR) is 141 cm³/mol. The van der Waals surface area contributed by atoms with Crippen LogP contribution in [0.3, 0.4) is 0 Å². The topological polar surface area (TPSA) is 61.8 Å². The van der Waals surface area contributed by atoms with Crippen molar-refractivity contribution in [1.29, 1.82) is 0 Å². The third-order valence-electron chi connectivity index (χ3n) is 6.99. The van der Waals surface area contributed by atoms with Crippen LogP contribution in [-0.2, 0) is 15.9 Å². The first kappa shape index (κ1) is 24.9. The fraction of sp³-hybridized carbons (Fsp3) is 0.448. The lowest BCUT2D eigenvalue weighted by molar-refractivity contribution is -0.00149. The van der Waals surface area contributed by atoms with Crippen LogP contribution in [0, 0.1) is 0 Å². The fourth-order valence-electron chi connectivity index (χ4n) is 5.52. The van der Waals surface area contributed by atoms with E-state index >= 15 is 0 Å². The SMILES string of the molecule is COc1ccc2c(C(C)C[S+]([O-])CCC3(C)CC(C)=C4C(=CC(C)=CC4(C)O)O3)cccc2c1. The van der Waals surface area contributed by atoms with Crippen molar-refractivity contribution in [2.45, 2.75) is 64.6 Å². The molecule has 0 fully saturated rings. The summed E-state index contributed by atoms with van der Waals surface area (Å²) in [4.78, 5) is 0. The molecular weight excluding hydrogens is 444 g/mol. The van der Waals surface area contributed by atoms with Gasteiger partial charge in [-0.15, -0.1) is 0 Å². The van der Waals surface area contributed by atoms with Crippen molar-refractivity contribution in [1.82, 2.24) is 0 Å². The van der Waals surface area contributed by atoms with Gasteiger partial charge in [0.1, 0.15) is 34.2 Å². The Morgan fingerprint density at radius 3 is 2.71 bits per heavy atom. The highest BCUT2D eigenvalue weighted by Gasteiger charge is 2.42. The zero-order valence-electron chi connectivity index (χ0n) is 21.1. The van der Waals surface area contributed by atoms with Gasteiger partial charge in [-0.1, -0.05) is 47.9 Å².